The minimum Gasteiger partial charge on any atom is -0.316 e. The molecule has 1 aromatic heterocycles. The van der Waals surface area contributed by atoms with Crippen LogP contribution in [0.25, 0.3) is 5.69 Å². The van der Waals surface area contributed by atoms with E-state index in [1.165, 1.54) is 6.20 Å². The van der Waals surface area contributed by atoms with E-state index in [-0.39, 0.29) is 12.1 Å². The van der Waals surface area contributed by atoms with E-state index in [2.05, 4.69) is 26.3 Å². The summed E-state index contributed by atoms with van der Waals surface area (Å²) in [5.41, 5.74) is -0.281. The molecule has 1 heterocycles. The molecule has 0 bridgehead atoms. The monoisotopic (exact) mass is 333 g/mol. The smallest absolute Gasteiger partial charge is 0.316 e. The average molecular weight is 334 g/mol. The van der Waals surface area contributed by atoms with Crippen molar-refractivity contribution >= 4 is 15.9 Å². The van der Waals surface area contributed by atoms with Gasteiger partial charge in [0.15, 0.2) is 5.69 Å². The summed E-state index contributed by atoms with van der Waals surface area (Å²) in [5, 5.41) is 6.57. The van der Waals surface area contributed by atoms with Gasteiger partial charge in [0, 0.05) is 16.6 Å². The number of rotatable bonds is 3. The molecular formula is C12H11BrF3N3. The molecule has 19 heavy (non-hydrogen) atoms. The fourth-order valence-corrected chi connectivity index (χ4v) is 2.26. The Balaban J connectivity index is 2.62. The molecular weight excluding hydrogens is 323 g/mol. The molecule has 3 nitrogen and oxygen atoms in total. The van der Waals surface area contributed by atoms with Crippen molar-refractivity contribution in [2.75, 3.05) is 7.05 Å². The van der Waals surface area contributed by atoms with E-state index in [1.807, 2.05) is 0 Å². The lowest BCUT2D eigenvalue weighted by Gasteiger charge is -2.13. The van der Waals surface area contributed by atoms with Crippen LogP contribution in [-0.4, -0.2) is 16.8 Å². The maximum absolute atomic E-state index is 13.2. The van der Waals surface area contributed by atoms with Gasteiger partial charge in [-0.2, -0.15) is 18.3 Å². The van der Waals surface area contributed by atoms with Gasteiger partial charge in [-0.15, -0.1) is 0 Å². The van der Waals surface area contributed by atoms with Crippen LogP contribution in [0.15, 0.2) is 34.9 Å². The van der Waals surface area contributed by atoms with Crippen molar-refractivity contribution in [3.63, 3.8) is 0 Å². The summed E-state index contributed by atoms with van der Waals surface area (Å²) in [6.45, 7) is 0.110. The van der Waals surface area contributed by atoms with Crippen LogP contribution in [0, 0.1) is 0 Å². The van der Waals surface area contributed by atoms with E-state index in [0.717, 1.165) is 4.68 Å². The van der Waals surface area contributed by atoms with Crippen LogP contribution in [0.1, 0.15) is 11.3 Å². The third kappa shape index (κ3) is 2.82. The Morgan fingerprint density at radius 3 is 2.58 bits per heavy atom. The third-order valence-electron chi connectivity index (χ3n) is 2.56. The molecule has 0 spiro atoms. The van der Waals surface area contributed by atoms with Gasteiger partial charge in [-0.3, -0.25) is 0 Å². The molecule has 102 valence electrons. The zero-order valence-corrected chi connectivity index (χ0v) is 11.6. The summed E-state index contributed by atoms with van der Waals surface area (Å²) < 4.78 is 41.0. The van der Waals surface area contributed by atoms with Crippen LogP contribution in [0.3, 0.4) is 0 Å². The van der Waals surface area contributed by atoms with Crippen LogP contribution < -0.4 is 5.32 Å². The number of alkyl halides is 3. The van der Waals surface area contributed by atoms with Gasteiger partial charge in [-0.05, 0) is 35.1 Å². The molecule has 0 saturated carbocycles. The van der Waals surface area contributed by atoms with Gasteiger partial charge in [0.05, 0.1) is 11.9 Å². The molecule has 2 rings (SSSR count). The molecule has 0 amide bonds. The number of hydrogen-bond acceptors (Lipinski definition) is 2. The summed E-state index contributed by atoms with van der Waals surface area (Å²) in [7, 11) is 1.59. The lowest BCUT2D eigenvalue weighted by molar-refractivity contribution is -0.143. The molecule has 0 fully saturated rings. The molecule has 0 aliphatic heterocycles. The van der Waals surface area contributed by atoms with Gasteiger partial charge in [0.2, 0.25) is 0 Å². The second-order valence-corrected chi connectivity index (χ2v) is 4.76. The maximum atomic E-state index is 13.2. The van der Waals surface area contributed by atoms with Crippen molar-refractivity contribution in [3.05, 3.63) is 46.2 Å². The van der Waals surface area contributed by atoms with Crippen molar-refractivity contribution < 1.29 is 13.2 Å². The number of halogens is 4. The molecule has 0 aliphatic carbocycles. The highest BCUT2D eigenvalue weighted by Gasteiger charge is 2.38. The molecule has 0 atom stereocenters. The van der Waals surface area contributed by atoms with Gasteiger partial charge in [-0.25, -0.2) is 4.68 Å². The van der Waals surface area contributed by atoms with E-state index in [4.69, 9.17) is 0 Å². The lowest BCUT2D eigenvalue weighted by atomic mass is 10.2. The number of nitrogens with zero attached hydrogens (tertiary/aromatic N) is 2. The molecule has 0 unspecified atom stereocenters. The highest BCUT2D eigenvalue weighted by Crippen LogP contribution is 2.34. The first-order valence-corrected chi connectivity index (χ1v) is 6.28. The predicted octanol–water partition coefficient (Wildman–Crippen LogP) is 3.37. The number of hydrogen-bond donors (Lipinski definition) is 1. The molecule has 0 radical (unpaired) electrons. The number of para-hydroxylation sites is 1. The van der Waals surface area contributed by atoms with Crippen molar-refractivity contribution in [2.45, 2.75) is 12.7 Å². The summed E-state index contributed by atoms with van der Waals surface area (Å²) in [5.74, 6) is 0. The van der Waals surface area contributed by atoms with Crippen LogP contribution in [0.4, 0.5) is 13.2 Å². The Morgan fingerprint density at radius 1 is 1.32 bits per heavy atom. The molecule has 1 aromatic carbocycles. The average Bonchev–Trinajstić information content (AvgIpc) is 2.73. The Hall–Kier alpha value is -1.34. The van der Waals surface area contributed by atoms with Crippen LogP contribution in [-0.2, 0) is 12.7 Å². The van der Waals surface area contributed by atoms with E-state index in [9.17, 15) is 13.2 Å². The Labute approximate surface area is 116 Å². The Bertz CT molecular complexity index is 578. The Kier molecular flexibility index (Phi) is 3.96. The highest BCUT2D eigenvalue weighted by molar-refractivity contribution is 9.10. The summed E-state index contributed by atoms with van der Waals surface area (Å²) >= 11 is 3.24. The van der Waals surface area contributed by atoms with E-state index in [0.29, 0.717) is 10.2 Å². The molecule has 1 N–H and O–H groups in total. The van der Waals surface area contributed by atoms with E-state index in [1.54, 1.807) is 31.3 Å². The zero-order valence-electron chi connectivity index (χ0n) is 10.0. The Morgan fingerprint density at radius 2 is 2.00 bits per heavy atom. The van der Waals surface area contributed by atoms with Gasteiger partial charge in [0.1, 0.15) is 0 Å². The van der Waals surface area contributed by atoms with Crippen molar-refractivity contribution in [2.24, 2.45) is 0 Å². The minimum atomic E-state index is -4.46. The van der Waals surface area contributed by atoms with Crippen LogP contribution in [0.5, 0.6) is 0 Å². The summed E-state index contributed by atoms with van der Waals surface area (Å²) in [6.07, 6.45) is -3.23. The lowest BCUT2D eigenvalue weighted by Crippen LogP contribution is -2.18. The first kappa shape index (κ1) is 14.1. The quantitative estimate of drug-likeness (QED) is 0.933. The van der Waals surface area contributed by atoms with Gasteiger partial charge >= 0.3 is 6.18 Å². The normalized spacial score (nSPS) is 11.8. The number of benzene rings is 1. The van der Waals surface area contributed by atoms with E-state index >= 15 is 0 Å². The van der Waals surface area contributed by atoms with Gasteiger partial charge in [0.25, 0.3) is 0 Å². The maximum Gasteiger partial charge on any atom is 0.433 e. The number of nitrogens with one attached hydrogen (secondary N) is 1. The summed E-state index contributed by atoms with van der Waals surface area (Å²) in [6, 6.07) is 6.66. The zero-order chi connectivity index (χ0) is 14.0. The molecule has 0 saturated heterocycles. The molecule has 0 aliphatic rings. The van der Waals surface area contributed by atoms with Crippen LogP contribution >= 0.6 is 15.9 Å². The summed E-state index contributed by atoms with van der Waals surface area (Å²) in [4.78, 5) is 0. The predicted molar refractivity (Wildman–Crippen MR) is 69.0 cm³/mol. The number of aromatic nitrogens is 2. The highest BCUT2D eigenvalue weighted by atomic mass is 79.9. The minimum absolute atomic E-state index is 0.110. The van der Waals surface area contributed by atoms with Gasteiger partial charge in [-0.1, -0.05) is 12.1 Å². The fraction of sp³-hybridized carbons (Fsp3) is 0.250. The second kappa shape index (κ2) is 5.34. The van der Waals surface area contributed by atoms with Gasteiger partial charge < -0.3 is 5.32 Å². The molecule has 2 aromatic rings. The SMILES string of the molecule is CNCc1cnn(-c2ccccc2Br)c1C(F)(F)F. The van der Waals surface area contributed by atoms with Crippen molar-refractivity contribution in [3.8, 4) is 5.69 Å². The van der Waals surface area contributed by atoms with E-state index < -0.39 is 11.9 Å². The third-order valence-corrected chi connectivity index (χ3v) is 3.23. The second-order valence-electron chi connectivity index (χ2n) is 3.91. The first-order chi connectivity index (χ1) is 8.95. The first-order valence-electron chi connectivity index (χ1n) is 5.48. The van der Waals surface area contributed by atoms with Crippen molar-refractivity contribution in [1.82, 2.24) is 15.1 Å². The molecule has 7 heteroatoms. The largest absolute Gasteiger partial charge is 0.433 e. The fourth-order valence-electron chi connectivity index (χ4n) is 1.81. The standard InChI is InChI=1S/C12H11BrF3N3/c1-17-6-8-7-18-19(11(8)12(14,15)16)10-5-3-2-4-9(10)13/h2-5,7,17H,6H2,1H3. The van der Waals surface area contributed by atoms with Crippen molar-refractivity contribution in [1.29, 1.82) is 0 Å². The van der Waals surface area contributed by atoms with Crippen LogP contribution in [0.2, 0.25) is 0 Å². The topological polar surface area (TPSA) is 29.9 Å².